The van der Waals surface area contributed by atoms with E-state index in [9.17, 15) is 14.4 Å². The van der Waals surface area contributed by atoms with Crippen molar-refractivity contribution < 1.29 is 28.6 Å². The van der Waals surface area contributed by atoms with Crippen LogP contribution in [-0.2, 0) is 28.6 Å². The highest BCUT2D eigenvalue weighted by molar-refractivity contribution is 5.98. The number of ether oxygens (including phenoxy) is 3. The maximum atomic E-state index is 11.6. The summed E-state index contributed by atoms with van der Waals surface area (Å²) in [5.74, 6) is -1.69. The number of methoxy groups -OCH3 is 3. The normalized spacial score (nSPS) is 10.7. The van der Waals surface area contributed by atoms with Gasteiger partial charge in [0.05, 0.1) is 20.3 Å². The zero-order chi connectivity index (χ0) is 17.2. The lowest BCUT2D eigenvalue weighted by molar-refractivity contribution is -0.138. The van der Waals surface area contributed by atoms with Crippen LogP contribution in [0, 0.1) is 0 Å². The number of carbonyl (C=O) groups is 3. The minimum atomic E-state index is -0.715. The Labute approximate surface area is 133 Å². The van der Waals surface area contributed by atoms with Crippen LogP contribution in [0.25, 0.3) is 0 Å². The third-order valence-corrected chi connectivity index (χ3v) is 2.59. The monoisotopic (exact) mass is 322 g/mol. The summed E-state index contributed by atoms with van der Waals surface area (Å²) < 4.78 is 13.8. The van der Waals surface area contributed by atoms with Crippen molar-refractivity contribution in [2.24, 2.45) is 0 Å². The van der Waals surface area contributed by atoms with Crippen molar-refractivity contribution in [3.8, 4) is 0 Å². The molecule has 0 heterocycles. The number of amides is 1. The third kappa shape index (κ3) is 6.18. The van der Waals surface area contributed by atoms with Gasteiger partial charge in [-0.25, -0.2) is 9.59 Å². The number of benzene rings is 1. The van der Waals surface area contributed by atoms with E-state index in [0.29, 0.717) is 11.4 Å². The lowest BCUT2D eigenvalue weighted by atomic mass is 10.2. The zero-order valence-electron chi connectivity index (χ0n) is 13.0. The van der Waals surface area contributed by atoms with Gasteiger partial charge in [-0.3, -0.25) is 4.79 Å². The van der Waals surface area contributed by atoms with Crippen LogP contribution in [0.2, 0.25) is 0 Å². The molecule has 0 spiro atoms. The lowest BCUT2D eigenvalue weighted by Crippen LogP contribution is -2.17. The summed E-state index contributed by atoms with van der Waals surface area (Å²) in [6, 6.07) is 6.50. The van der Waals surface area contributed by atoms with Gasteiger partial charge in [0.1, 0.15) is 12.3 Å². The Hall–Kier alpha value is -2.87. The van der Waals surface area contributed by atoms with Crippen molar-refractivity contribution >= 4 is 29.2 Å². The molecule has 0 radical (unpaired) electrons. The Bertz CT molecular complexity index is 594. The van der Waals surface area contributed by atoms with Crippen LogP contribution < -0.4 is 10.6 Å². The molecule has 0 saturated heterocycles. The van der Waals surface area contributed by atoms with E-state index in [0.717, 1.165) is 6.08 Å². The number of nitrogens with one attached hydrogen (secondary N) is 2. The second-order valence-electron chi connectivity index (χ2n) is 4.26. The molecule has 8 heteroatoms. The van der Waals surface area contributed by atoms with Crippen LogP contribution >= 0.6 is 0 Å². The smallest absolute Gasteiger partial charge is 0.354 e. The Morgan fingerprint density at radius 3 is 2.00 bits per heavy atom. The first-order valence-electron chi connectivity index (χ1n) is 6.54. The predicted octanol–water partition coefficient (Wildman–Crippen LogP) is 0.913. The van der Waals surface area contributed by atoms with Crippen LogP contribution in [0.5, 0.6) is 0 Å². The fourth-order valence-corrected chi connectivity index (χ4v) is 1.55. The largest absolute Gasteiger partial charge is 0.466 e. The Balaban J connectivity index is 2.81. The molecule has 124 valence electrons. The molecule has 0 aliphatic heterocycles. The molecule has 1 amide bonds. The molecule has 0 aliphatic carbocycles. The maximum absolute atomic E-state index is 11.6. The number of carbonyl (C=O) groups excluding carboxylic acids is 3. The van der Waals surface area contributed by atoms with E-state index in [-0.39, 0.29) is 18.2 Å². The molecule has 0 aromatic heterocycles. The second-order valence-corrected chi connectivity index (χ2v) is 4.26. The van der Waals surface area contributed by atoms with Gasteiger partial charge in [0.25, 0.3) is 0 Å². The molecular formula is C15H18N2O6. The van der Waals surface area contributed by atoms with Crippen LogP contribution in [0.15, 0.2) is 36.0 Å². The van der Waals surface area contributed by atoms with E-state index >= 15 is 0 Å². The van der Waals surface area contributed by atoms with Crippen molar-refractivity contribution in [1.29, 1.82) is 0 Å². The minimum absolute atomic E-state index is 0.0473. The van der Waals surface area contributed by atoms with E-state index < -0.39 is 11.9 Å². The summed E-state index contributed by atoms with van der Waals surface area (Å²) in [4.78, 5) is 34.3. The standard InChI is InChI=1S/C15H18N2O6/c1-21-9-13(18)17-11-6-4-10(5-7-11)16-12(15(20)23-3)8-14(19)22-2/h4-8,16H,9H2,1-3H3,(H,17,18)/b12-8+. The molecule has 0 fully saturated rings. The predicted molar refractivity (Wildman–Crippen MR) is 82.7 cm³/mol. The molecule has 0 aliphatic rings. The van der Waals surface area contributed by atoms with Crippen LogP contribution in [0.4, 0.5) is 11.4 Å². The number of esters is 2. The summed E-state index contributed by atoms with van der Waals surface area (Å²) in [6.45, 7) is -0.0473. The molecule has 0 saturated carbocycles. The quantitative estimate of drug-likeness (QED) is 0.568. The SMILES string of the molecule is COCC(=O)Nc1ccc(N/C(=C/C(=O)OC)C(=O)OC)cc1. The van der Waals surface area contributed by atoms with Crippen LogP contribution in [0.3, 0.4) is 0 Å². The highest BCUT2D eigenvalue weighted by atomic mass is 16.5. The molecule has 8 nitrogen and oxygen atoms in total. The van der Waals surface area contributed by atoms with Gasteiger partial charge in [-0.15, -0.1) is 0 Å². The third-order valence-electron chi connectivity index (χ3n) is 2.59. The van der Waals surface area contributed by atoms with E-state index in [4.69, 9.17) is 4.74 Å². The molecule has 0 atom stereocenters. The molecule has 1 aromatic rings. The molecular weight excluding hydrogens is 304 g/mol. The van der Waals surface area contributed by atoms with E-state index in [2.05, 4.69) is 20.1 Å². The first-order valence-corrected chi connectivity index (χ1v) is 6.54. The van der Waals surface area contributed by atoms with Gasteiger partial charge in [-0.1, -0.05) is 0 Å². The molecule has 2 N–H and O–H groups in total. The first-order chi connectivity index (χ1) is 11.0. The number of rotatable bonds is 7. The fraction of sp³-hybridized carbons (Fsp3) is 0.267. The van der Waals surface area contributed by atoms with Crippen molar-refractivity contribution in [2.75, 3.05) is 38.6 Å². The molecule has 23 heavy (non-hydrogen) atoms. The van der Waals surface area contributed by atoms with E-state index in [1.54, 1.807) is 24.3 Å². The van der Waals surface area contributed by atoms with Gasteiger partial charge in [0.2, 0.25) is 5.91 Å². The minimum Gasteiger partial charge on any atom is -0.466 e. The fourth-order valence-electron chi connectivity index (χ4n) is 1.55. The van der Waals surface area contributed by atoms with Crippen molar-refractivity contribution in [1.82, 2.24) is 0 Å². The molecule has 1 aromatic carbocycles. The van der Waals surface area contributed by atoms with E-state index in [1.807, 2.05) is 0 Å². The van der Waals surface area contributed by atoms with Crippen LogP contribution in [-0.4, -0.2) is 45.8 Å². The highest BCUT2D eigenvalue weighted by Crippen LogP contribution is 2.16. The summed E-state index contributed by atoms with van der Waals surface area (Å²) in [7, 11) is 3.82. The van der Waals surface area contributed by atoms with Crippen molar-refractivity contribution in [3.63, 3.8) is 0 Å². The maximum Gasteiger partial charge on any atom is 0.354 e. The lowest BCUT2D eigenvalue weighted by Gasteiger charge is -2.10. The molecule has 0 unspecified atom stereocenters. The molecule has 0 bridgehead atoms. The summed E-state index contributed by atoms with van der Waals surface area (Å²) in [6.07, 6.45) is 0.986. The summed E-state index contributed by atoms with van der Waals surface area (Å²) in [5.41, 5.74) is 1.01. The number of hydrogen-bond acceptors (Lipinski definition) is 7. The first kappa shape index (κ1) is 18.2. The van der Waals surface area contributed by atoms with Crippen molar-refractivity contribution in [2.45, 2.75) is 0 Å². The van der Waals surface area contributed by atoms with Gasteiger partial charge < -0.3 is 24.8 Å². The van der Waals surface area contributed by atoms with Gasteiger partial charge in [-0.2, -0.15) is 0 Å². The summed E-state index contributed by atoms with van der Waals surface area (Å²) >= 11 is 0. The topological polar surface area (TPSA) is 103 Å². The highest BCUT2D eigenvalue weighted by Gasteiger charge is 2.12. The average molecular weight is 322 g/mol. The number of hydrogen-bond donors (Lipinski definition) is 2. The zero-order valence-corrected chi connectivity index (χ0v) is 13.0. The van der Waals surface area contributed by atoms with Gasteiger partial charge in [-0.05, 0) is 24.3 Å². The Kier molecular flexibility index (Phi) is 7.28. The average Bonchev–Trinajstić information content (AvgIpc) is 2.55. The van der Waals surface area contributed by atoms with Gasteiger partial charge >= 0.3 is 11.9 Å². The van der Waals surface area contributed by atoms with Crippen LogP contribution in [0.1, 0.15) is 0 Å². The Morgan fingerprint density at radius 2 is 1.52 bits per heavy atom. The summed E-state index contributed by atoms with van der Waals surface area (Å²) in [5, 5.41) is 5.38. The molecule has 1 rings (SSSR count). The van der Waals surface area contributed by atoms with E-state index in [1.165, 1.54) is 21.3 Å². The van der Waals surface area contributed by atoms with Crippen molar-refractivity contribution in [3.05, 3.63) is 36.0 Å². The van der Waals surface area contributed by atoms with Gasteiger partial charge in [0, 0.05) is 18.5 Å². The Morgan fingerprint density at radius 1 is 0.957 bits per heavy atom. The number of anilines is 2. The van der Waals surface area contributed by atoms with Gasteiger partial charge in [0.15, 0.2) is 0 Å². The second kappa shape index (κ2) is 9.21.